The molecule has 324 valence electrons. The van der Waals surface area contributed by atoms with Crippen LogP contribution in [0.1, 0.15) is 131 Å². The van der Waals surface area contributed by atoms with E-state index in [1.54, 1.807) is 0 Å². The molecule has 0 fully saturated rings. The van der Waals surface area contributed by atoms with Gasteiger partial charge in [-0.3, -0.25) is 0 Å². The predicted molar refractivity (Wildman–Crippen MR) is 281 cm³/mol. The second-order valence-corrected chi connectivity index (χ2v) is 16.7. The Morgan fingerprint density at radius 2 is 0.597 bits per heavy atom. The van der Waals surface area contributed by atoms with Gasteiger partial charge in [0.25, 0.3) is 0 Å². The van der Waals surface area contributed by atoms with Gasteiger partial charge >= 0.3 is 0 Å². The van der Waals surface area contributed by atoms with Crippen LogP contribution in [0.25, 0.3) is 21.5 Å². The fourth-order valence-corrected chi connectivity index (χ4v) is 7.63. The molecule has 62 heavy (non-hydrogen) atoms. The van der Waals surface area contributed by atoms with Gasteiger partial charge in [-0.1, -0.05) is 200 Å². The van der Waals surface area contributed by atoms with Crippen molar-refractivity contribution in [2.75, 3.05) is 9.80 Å². The van der Waals surface area contributed by atoms with Crippen LogP contribution in [0.5, 0.6) is 0 Å². The minimum atomic E-state index is 0. The van der Waals surface area contributed by atoms with Crippen molar-refractivity contribution in [3.63, 3.8) is 0 Å². The SMILES string of the molecule is C.C.C.C.CC(C)c1ccc(N(c2ccc(C(C)C)cc2)c2ccc3ccccc3c2)cc1.CC(C)c1ccc(N(c2ccc(C(C)C)cc2)c2cccc3ccccc23)cc1. The van der Waals surface area contributed by atoms with Gasteiger partial charge in [-0.2, -0.15) is 0 Å². The van der Waals surface area contributed by atoms with Gasteiger partial charge in [0.15, 0.2) is 0 Å². The first kappa shape index (κ1) is 50.2. The van der Waals surface area contributed by atoms with Crippen molar-refractivity contribution < 1.29 is 0 Å². The van der Waals surface area contributed by atoms with Gasteiger partial charge < -0.3 is 9.80 Å². The Morgan fingerprint density at radius 3 is 1.00 bits per heavy atom. The van der Waals surface area contributed by atoms with Gasteiger partial charge in [0.1, 0.15) is 0 Å². The zero-order valence-electron chi connectivity index (χ0n) is 35.5. The van der Waals surface area contributed by atoms with Crippen LogP contribution in [0.2, 0.25) is 0 Å². The monoisotopic (exact) mass is 823 g/mol. The minimum absolute atomic E-state index is 0. The van der Waals surface area contributed by atoms with Crippen molar-refractivity contribution in [1.82, 2.24) is 0 Å². The number of anilines is 6. The predicted octanol–water partition coefficient (Wildman–Crippen LogP) is 19.7. The van der Waals surface area contributed by atoms with E-state index in [0.717, 1.165) is 0 Å². The molecular weight excluding hydrogens is 749 g/mol. The summed E-state index contributed by atoms with van der Waals surface area (Å²) in [6.45, 7) is 17.9. The van der Waals surface area contributed by atoms with Gasteiger partial charge in [-0.25, -0.2) is 0 Å². The van der Waals surface area contributed by atoms with E-state index < -0.39 is 0 Å². The first-order valence-electron chi connectivity index (χ1n) is 21.0. The van der Waals surface area contributed by atoms with E-state index >= 15 is 0 Å². The molecule has 0 N–H and O–H groups in total. The number of rotatable bonds is 10. The van der Waals surface area contributed by atoms with Crippen LogP contribution in [0.3, 0.4) is 0 Å². The second-order valence-electron chi connectivity index (χ2n) is 16.7. The standard InChI is InChI=1S/2C28H29N.4CH4/c1-20(2)22-12-16-25(17-13-22)29(26-18-14-23(15-19-26)21(3)4)28-11-7-9-24-8-5-6-10-27(24)28;1-20(2)22-9-14-26(15-10-22)29(27-16-11-23(12-17-27)21(3)4)28-18-13-24-7-5-6-8-25(24)19-28;;;;/h2*5-21H,1-4H3;4*1H4. The number of hydrogen-bond donors (Lipinski definition) is 0. The maximum atomic E-state index is 2.37. The van der Waals surface area contributed by atoms with E-state index in [1.165, 1.54) is 77.9 Å². The maximum absolute atomic E-state index is 2.37. The summed E-state index contributed by atoms with van der Waals surface area (Å²) in [4.78, 5) is 4.72. The Hall–Kier alpha value is -6.12. The highest BCUT2D eigenvalue weighted by Gasteiger charge is 2.17. The molecule has 0 amide bonds. The number of benzene rings is 8. The zero-order valence-corrected chi connectivity index (χ0v) is 35.5. The van der Waals surface area contributed by atoms with Crippen LogP contribution in [-0.4, -0.2) is 0 Å². The molecule has 0 aromatic heterocycles. The molecular formula is C60H74N2. The molecule has 0 saturated carbocycles. The smallest absolute Gasteiger partial charge is 0.0540 e. The summed E-state index contributed by atoms with van der Waals surface area (Å²) in [5.41, 5.74) is 12.6. The molecule has 0 aliphatic carbocycles. The van der Waals surface area contributed by atoms with Crippen LogP contribution >= 0.6 is 0 Å². The van der Waals surface area contributed by atoms with E-state index in [9.17, 15) is 0 Å². The van der Waals surface area contributed by atoms with Crippen LogP contribution in [-0.2, 0) is 0 Å². The number of nitrogens with zero attached hydrogens (tertiary/aromatic N) is 2. The molecule has 0 heterocycles. The molecule has 0 aliphatic rings. The van der Waals surface area contributed by atoms with Crippen LogP contribution in [0, 0.1) is 0 Å². The van der Waals surface area contributed by atoms with Crippen molar-refractivity contribution in [2.45, 2.75) is 109 Å². The Morgan fingerprint density at radius 1 is 0.274 bits per heavy atom. The minimum Gasteiger partial charge on any atom is -0.310 e. The summed E-state index contributed by atoms with van der Waals surface area (Å²) >= 11 is 0. The molecule has 8 rings (SSSR count). The lowest BCUT2D eigenvalue weighted by atomic mass is 10.0. The summed E-state index contributed by atoms with van der Waals surface area (Å²) in [6.07, 6.45) is 0. The molecule has 2 heteroatoms. The highest BCUT2D eigenvalue weighted by Crippen LogP contribution is 2.40. The van der Waals surface area contributed by atoms with E-state index in [1.807, 2.05) is 0 Å². The zero-order chi connectivity index (χ0) is 40.8. The summed E-state index contributed by atoms with van der Waals surface area (Å²) in [5.74, 6) is 2.12. The quantitative estimate of drug-likeness (QED) is 0.136. The van der Waals surface area contributed by atoms with Crippen LogP contribution < -0.4 is 9.80 Å². The van der Waals surface area contributed by atoms with Gasteiger partial charge in [-0.05, 0) is 129 Å². The highest BCUT2D eigenvalue weighted by atomic mass is 15.1. The van der Waals surface area contributed by atoms with Crippen molar-refractivity contribution in [2.24, 2.45) is 0 Å². The molecule has 0 aliphatic heterocycles. The Balaban J connectivity index is 0.000000310. The molecule has 0 radical (unpaired) electrons. The van der Waals surface area contributed by atoms with Crippen molar-refractivity contribution >= 4 is 55.7 Å². The molecule has 0 unspecified atom stereocenters. The second kappa shape index (κ2) is 22.6. The van der Waals surface area contributed by atoms with Gasteiger partial charge in [-0.15, -0.1) is 0 Å². The van der Waals surface area contributed by atoms with Gasteiger partial charge in [0, 0.05) is 33.8 Å². The van der Waals surface area contributed by atoms with Gasteiger partial charge in [0.2, 0.25) is 0 Å². The molecule has 8 aromatic rings. The lowest BCUT2D eigenvalue weighted by Gasteiger charge is -2.27. The number of fused-ring (bicyclic) bond motifs is 2. The van der Waals surface area contributed by atoms with Crippen molar-refractivity contribution in [3.05, 3.63) is 204 Å². The molecule has 2 nitrogen and oxygen atoms in total. The first-order chi connectivity index (χ1) is 28.1. The van der Waals surface area contributed by atoms with Crippen LogP contribution in [0.15, 0.2) is 182 Å². The Bertz CT molecular complexity index is 2430. The van der Waals surface area contributed by atoms with Crippen molar-refractivity contribution in [1.29, 1.82) is 0 Å². The Labute approximate surface area is 376 Å². The van der Waals surface area contributed by atoms with Crippen molar-refractivity contribution in [3.8, 4) is 0 Å². The summed E-state index contributed by atoms with van der Waals surface area (Å²) in [7, 11) is 0. The Kier molecular flexibility index (Phi) is 18.3. The topological polar surface area (TPSA) is 6.48 Å². The van der Waals surface area contributed by atoms with E-state index in [-0.39, 0.29) is 29.7 Å². The van der Waals surface area contributed by atoms with Gasteiger partial charge in [0.05, 0.1) is 5.69 Å². The number of hydrogen-bond acceptors (Lipinski definition) is 2. The van der Waals surface area contributed by atoms with Crippen LogP contribution in [0.4, 0.5) is 34.1 Å². The third-order valence-electron chi connectivity index (χ3n) is 11.3. The van der Waals surface area contributed by atoms with E-state index in [4.69, 9.17) is 0 Å². The normalized spacial score (nSPS) is 10.6. The fourth-order valence-electron chi connectivity index (χ4n) is 7.63. The van der Waals surface area contributed by atoms with E-state index in [2.05, 4.69) is 247 Å². The molecule has 0 spiro atoms. The summed E-state index contributed by atoms with van der Waals surface area (Å²) < 4.78 is 0. The summed E-state index contributed by atoms with van der Waals surface area (Å²) in [5, 5.41) is 5.04. The molecule has 0 atom stereocenters. The third-order valence-corrected chi connectivity index (χ3v) is 11.3. The lowest BCUT2D eigenvalue weighted by Crippen LogP contribution is -2.10. The largest absolute Gasteiger partial charge is 0.310 e. The summed E-state index contributed by atoms with van der Waals surface area (Å²) in [6, 6.07) is 66.3. The molecule has 0 saturated heterocycles. The average Bonchev–Trinajstić information content (AvgIpc) is 3.25. The molecule has 0 bridgehead atoms. The first-order valence-corrected chi connectivity index (χ1v) is 21.0. The highest BCUT2D eigenvalue weighted by molar-refractivity contribution is 5.99. The fraction of sp³-hybridized carbons (Fsp3) is 0.267. The average molecular weight is 823 g/mol. The lowest BCUT2D eigenvalue weighted by molar-refractivity contribution is 0.866. The molecule has 8 aromatic carbocycles. The third kappa shape index (κ3) is 11.4. The maximum Gasteiger partial charge on any atom is 0.0540 e. The van der Waals surface area contributed by atoms with E-state index in [0.29, 0.717) is 23.7 Å².